The number of hydrogen-bond acceptors (Lipinski definition) is 6. The zero-order valence-electron chi connectivity index (χ0n) is 17.8. The predicted octanol–water partition coefficient (Wildman–Crippen LogP) is 4.80. The number of hydrogen-bond donors (Lipinski definition) is 0. The molecule has 5 rings (SSSR count). The molecule has 0 aliphatic carbocycles. The Labute approximate surface area is 190 Å². The molecule has 8 heteroatoms. The fraction of sp³-hybridized carbons (Fsp3) is 0.240. The number of benzene rings is 3. The fourth-order valence-corrected chi connectivity index (χ4v) is 4.40. The normalized spacial score (nSPS) is 16.2. The van der Waals surface area contributed by atoms with Gasteiger partial charge in [0, 0.05) is 24.6 Å². The summed E-state index contributed by atoms with van der Waals surface area (Å²) < 4.78 is 16.7. The van der Waals surface area contributed by atoms with E-state index in [4.69, 9.17) is 14.2 Å². The quantitative estimate of drug-likeness (QED) is 0.413. The summed E-state index contributed by atoms with van der Waals surface area (Å²) in [5.74, 6) is 1.29. The summed E-state index contributed by atoms with van der Waals surface area (Å²) >= 11 is 0. The highest BCUT2D eigenvalue weighted by molar-refractivity contribution is 5.70. The first-order chi connectivity index (χ1) is 16.1. The molecule has 0 aromatic heterocycles. The first-order valence-electron chi connectivity index (χ1n) is 10.7. The monoisotopic (exact) mass is 446 g/mol. The van der Waals surface area contributed by atoms with Gasteiger partial charge in [0.05, 0.1) is 11.0 Å². The first-order valence-corrected chi connectivity index (χ1v) is 10.7. The van der Waals surface area contributed by atoms with Crippen LogP contribution in [0.2, 0.25) is 0 Å². The van der Waals surface area contributed by atoms with Gasteiger partial charge in [0.2, 0.25) is 6.79 Å². The number of nitro groups is 1. The lowest BCUT2D eigenvalue weighted by molar-refractivity contribution is -0.385. The van der Waals surface area contributed by atoms with Crippen molar-refractivity contribution in [2.45, 2.75) is 25.5 Å². The number of nitro benzene ring substituents is 1. The number of nitrogens with zero attached hydrogens (tertiary/aromatic N) is 2. The van der Waals surface area contributed by atoms with Crippen LogP contribution in [0.25, 0.3) is 0 Å². The zero-order valence-corrected chi connectivity index (χ0v) is 17.8. The third-order valence-corrected chi connectivity index (χ3v) is 6.03. The van der Waals surface area contributed by atoms with Crippen molar-refractivity contribution < 1.29 is 23.9 Å². The molecule has 1 amide bonds. The Hall–Kier alpha value is -4.07. The van der Waals surface area contributed by atoms with Crippen LogP contribution in [0.3, 0.4) is 0 Å². The van der Waals surface area contributed by atoms with Crippen molar-refractivity contribution in [3.8, 4) is 11.5 Å². The fourth-order valence-electron chi connectivity index (χ4n) is 4.40. The van der Waals surface area contributed by atoms with Gasteiger partial charge < -0.3 is 19.1 Å². The van der Waals surface area contributed by atoms with E-state index >= 15 is 0 Å². The summed E-state index contributed by atoms with van der Waals surface area (Å²) in [6.45, 7) is 0.740. The SMILES string of the molecule is O=C(OCc1ccccc1)N1CCc2cc3c(cc2[C@@H]1Cc1ccccc1[N+](=O)[O-])OCO3. The topological polar surface area (TPSA) is 91.1 Å². The molecule has 2 aliphatic rings. The smallest absolute Gasteiger partial charge is 0.410 e. The maximum absolute atomic E-state index is 13.1. The van der Waals surface area contributed by atoms with Crippen LogP contribution < -0.4 is 9.47 Å². The number of ether oxygens (including phenoxy) is 3. The molecule has 0 bridgehead atoms. The van der Waals surface area contributed by atoms with Crippen LogP contribution in [0.1, 0.15) is 28.3 Å². The second-order valence-electron chi connectivity index (χ2n) is 7.99. The lowest BCUT2D eigenvalue weighted by Gasteiger charge is -2.36. The molecule has 3 aromatic rings. The van der Waals surface area contributed by atoms with Crippen molar-refractivity contribution in [1.29, 1.82) is 0 Å². The van der Waals surface area contributed by atoms with E-state index in [0.717, 1.165) is 16.7 Å². The maximum Gasteiger partial charge on any atom is 0.410 e. The number of carbonyl (C=O) groups excluding carboxylic acids is 1. The molecule has 0 radical (unpaired) electrons. The Balaban J connectivity index is 1.47. The summed E-state index contributed by atoms with van der Waals surface area (Å²) in [5, 5.41) is 11.6. The number of amides is 1. The van der Waals surface area contributed by atoms with E-state index in [9.17, 15) is 14.9 Å². The Morgan fingerprint density at radius 3 is 2.58 bits per heavy atom. The summed E-state index contributed by atoms with van der Waals surface area (Å²) in [7, 11) is 0. The molecule has 33 heavy (non-hydrogen) atoms. The minimum atomic E-state index is -0.453. The van der Waals surface area contributed by atoms with Crippen molar-refractivity contribution in [3.63, 3.8) is 0 Å². The molecule has 0 saturated carbocycles. The van der Waals surface area contributed by atoms with Gasteiger partial charge in [-0.15, -0.1) is 0 Å². The molecular formula is C25H22N2O6. The maximum atomic E-state index is 13.1. The molecule has 0 N–H and O–H groups in total. The van der Waals surface area contributed by atoms with E-state index in [1.807, 2.05) is 42.5 Å². The van der Waals surface area contributed by atoms with E-state index < -0.39 is 17.1 Å². The van der Waals surface area contributed by atoms with Crippen LogP contribution in [0.5, 0.6) is 11.5 Å². The van der Waals surface area contributed by atoms with E-state index in [1.54, 1.807) is 23.1 Å². The van der Waals surface area contributed by atoms with Gasteiger partial charge >= 0.3 is 6.09 Å². The Morgan fingerprint density at radius 2 is 1.79 bits per heavy atom. The van der Waals surface area contributed by atoms with Crippen LogP contribution in [-0.4, -0.2) is 29.3 Å². The number of fused-ring (bicyclic) bond motifs is 2. The molecule has 0 saturated heterocycles. The minimum Gasteiger partial charge on any atom is -0.454 e. The zero-order chi connectivity index (χ0) is 22.8. The summed E-state index contributed by atoms with van der Waals surface area (Å²) in [6, 6.07) is 19.5. The molecule has 8 nitrogen and oxygen atoms in total. The van der Waals surface area contributed by atoms with Gasteiger partial charge in [-0.25, -0.2) is 4.79 Å². The van der Waals surface area contributed by atoms with E-state index in [0.29, 0.717) is 30.0 Å². The largest absolute Gasteiger partial charge is 0.454 e. The summed E-state index contributed by atoms with van der Waals surface area (Å²) in [4.78, 5) is 26.0. The number of rotatable bonds is 5. The van der Waals surface area contributed by atoms with Crippen LogP contribution >= 0.6 is 0 Å². The van der Waals surface area contributed by atoms with Crippen molar-refractivity contribution in [1.82, 2.24) is 4.90 Å². The van der Waals surface area contributed by atoms with Crippen molar-refractivity contribution in [3.05, 3.63) is 99.1 Å². The molecule has 0 spiro atoms. The second-order valence-corrected chi connectivity index (χ2v) is 7.99. The third-order valence-electron chi connectivity index (χ3n) is 6.03. The highest BCUT2D eigenvalue weighted by Gasteiger charge is 2.35. The van der Waals surface area contributed by atoms with Crippen LogP contribution in [-0.2, 0) is 24.2 Å². The van der Waals surface area contributed by atoms with Crippen LogP contribution in [0.15, 0.2) is 66.7 Å². The van der Waals surface area contributed by atoms with Gasteiger partial charge in [0.1, 0.15) is 6.61 Å². The molecule has 2 heterocycles. The van der Waals surface area contributed by atoms with E-state index in [2.05, 4.69) is 0 Å². The highest BCUT2D eigenvalue weighted by atomic mass is 16.7. The number of para-hydroxylation sites is 1. The van der Waals surface area contributed by atoms with Crippen LogP contribution in [0, 0.1) is 10.1 Å². The van der Waals surface area contributed by atoms with Gasteiger partial charge in [-0.2, -0.15) is 0 Å². The average Bonchev–Trinajstić information content (AvgIpc) is 3.30. The van der Waals surface area contributed by atoms with Gasteiger partial charge in [-0.1, -0.05) is 48.5 Å². The van der Waals surface area contributed by atoms with Gasteiger partial charge in [-0.3, -0.25) is 10.1 Å². The second kappa shape index (κ2) is 8.82. The molecular weight excluding hydrogens is 424 g/mol. The first kappa shape index (κ1) is 20.8. The van der Waals surface area contributed by atoms with Crippen molar-refractivity contribution in [2.75, 3.05) is 13.3 Å². The Bertz CT molecular complexity index is 1200. The predicted molar refractivity (Wildman–Crippen MR) is 119 cm³/mol. The third kappa shape index (κ3) is 4.19. The minimum absolute atomic E-state index is 0.0305. The number of carbonyl (C=O) groups is 1. The average molecular weight is 446 g/mol. The lowest BCUT2D eigenvalue weighted by atomic mass is 9.88. The molecule has 168 valence electrons. The standard InChI is InChI=1S/C25H22N2O6/c28-25(31-15-17-6-2-1-3-7-17)26-11-10-18-13-23-24(33-16-32-23)14-20(18)22(26)12-19-8-4-5-9-21(19)27(29)30/h1-9,13-14,22H,10-12,15-16H2/t22-/m0/s1. The van der Waals surface area contributed by atoms with E-state index in [-0.39, 0.29) is 25.5 Å². The molecule has 0 fully saturated rings. The lowest BCUT2D eigenvalue weighted by Crippen LogP contribution is -2.41. The molecule has 2 aliphatic heterocycles. The van der Waals surface area contributed by atoms with Gasteiger partial charge in [0.25, 0.3) is 5.69 Å². The van der Waals surface area contributed by atoms with Gasteiger partial charge in [-0.05, 0) is 35.2 Å². The molecule has 1 atom stereocenters. The Kier molecular flexibility index (Phi) is 5.56. The van der Waals surface area contributed by atoms with Crippen molar-refractivity contribution in [2.24, 2.45) is 0 Å². The summed E-state index contributed by atoms with van der Waals surface area (Å²) in [5.41, 5.74) is 3.40. The Morgan fingerprint density at radius 1 is 1.06 bits per heavy atom. The highest BCUT2D eigenvalue weighted by Crippen LogP contribution is 2.42. The summed E-state index contributed by atoms with van der Waals surface area (Å²) in [6.07, 6.45) is 0.454. The van der Waals surface area contributed by atoms with Crippen LogP contribution in [0.4, 0.5) is 10.5 Å². The molecule has 0 unspecified atom stereocenters. The van der Waals surface area contributed by atoms with E-state index in [1.165, 1.54) is 6.07 Å². The molecule has 3 aromatic carbocycles. The van der Waals surface area contributed by atoms with Gasteiger partial charge in [0.15, 0.2) is 11.5 Å². The van der Waals surface area contributed by atoms with Crippen molar-refractivity contribution >= 4 is 11.8 Å².